The van der Waals surface area contributed by atoms with Crippen molar-refractivity contribution < 1.29 is 4.79 Å². The molecule has 21 heavy (non-hydrogen) atoms. The topological polar surface area (TPSA) is 66.9 Å². The van der Waals surface area contributed by atoms with Crippen LogP contribution in [0, 0.1) is 13.8 Å². The van der Waals surface area contributed by atoms with Crippen LogP contribution in [0.25, 0.3) is 0 Å². The number of rotatable bonds is 4. The van der Waals surface area contributed by atoms with Crippen LogP contribution in [0.15, 0.2) is 12.3 Å². The quantitative estimate of drug-likeness (QED) is 0.905. The Morgan fingerprint density at radius 1 is 1.43 bits per heavy atom. The van der Waals surface area contributed by atoms with E-state index in [4.69, 9.17) is 11.6 Å². The molecule has 1 unspecified atom stereocenters. The predicted molar refractivity (Wildman–Crippen MR) is 86.3 cm³/mol. The standard InChI is InChI=1S/C14H17ClN4OS/c1-7-13(21-9(3)18-7)8(2)19-14(20)10-5-12(16-4)17-6-11(10)15/h5-6,8H,1-4H3,(H,16,17)(H,19,20). The summed E-state index contributed by atoms with van der Waals surface area (Å²) in [6, 6.07) is 1.51. The lowest BCUT2D eigenvalue weighted by Crippen LogP contribution is -2.27. The molecule has 0 aromatic carbocycles. The number of aryl methyl sites for hydroxylation is 2. The average Bonchev–Trinajstić information content (AvgIpc) is 2.78. The molecule has 0 saturated carbocycles. The van der Waals surface area contributed by atoms with Crippen molar-refractivity contribution in [3.8, 4) is 0 Å². The number of anilines is 1. The largest absolute Gasteiger partial charge is 0.373 e. The molecule has 0 aliphatic rings. The van der Waals surface area contributed by atoms with Gasteiger partial charge in [0, 0.05) is 18.1 Å². The second-order valence-electron chi connectivity index (χ2n) is 4.68. The highest BCUT2D eigenvalue weighted by Gasteiger charge is 2.18. The maximum absolute atomic E-state index is 12.4. The van der Waals surface area contributed by atoms with Gasteiger partial charge in [-0.3, -0.25) is 4.79 Å². The summed E-state index contributed by atoms with van der Waals surface area (Å²) < 4.78 is 0. The Labute approximate surface area is 132 Å². The van der Waals surface area contributed by atoms with Crippen LogP contribution in [-0.2, 0) is 0 Å². The minimum absolute atomic E-state index is 0.119. The van der Waals surface area contributed by atoms with E-state index in [2.05, 4.69) is 20.6 Å². The minimum atomic E-state index is -0.225. The third-order valence-corrected chi connectivity index (χ3v) is 4.59. The first-order valence-electron chi connectivity index (χ1n) is 6.50. The van der Waals surface area contributed by atoms with Crippen molar-refractivity contribution in [3.05, 3.63) is 38.4 Å². The Balaban J connectivity index is 2.20. The number of thiazole rings is 1. The number of nitrogens with one attached hydrogen (secondary N) is 2. The van der Waals surface area contributed by atoms with E-state index < -0.39 is 0 Å². The van der Waals surface area contributed by atoms with Crippen molar-refractivity contribution in [1.82, 2.24) is 15.3 Å². The molecule has 0 spiro atoms. The third kappa shape index (κ3) is 3.51. The zero-order valence-corrected chi connectivity index (χ0v) is 13.9. The second-order valence-corrected chi connectivity index (χ2v) is 6.32. The van der Waals surface area contributed by atoms with Crippen LogP contribution in [0.1, 0.15) is 38.9 Å². The first-order chi connectivity index (χ1) is 9.92. The number of amides is 1. The molecule has 2 aromatic heterocycles. The van der Waals surface area contributed by atoms with Crippen LogP contribution < -0.4 is 10.6 Å². The van der Waals surface area contributed by atoms with Gasteiger partial charge in [0.05, 0.1) is 27.3 Å². The van der Waals surface area contributed by atoms with Gasteiger partial charge in [0.25, 0.3) is 5.91 Å². The summed E-state index contributed by atoms with van der Waals surface area (Å²) in [6.45, 7) is 5.83. The van der Waals surface area contributed by atoms with Crippen molar-refractivity contribution >= 4 is 34.7 Å². The van der Waals surface area contributed by atoms with Crippen molar-refractivity contribution in [3.63, 3.8) is 0 Å². The van der Waals surface area contributed by atoms with Gasteiger partial charge < -0.3 is 10.6 Å². The van der Waals surface area contributed by atoms with Crippen molar-refractivity contribution in [2.24, 2.45) is 0 Å². The molecule has 112 valence electrons. The molecule has 2 aromatic rings. The summed E-state index contributed by atoms with van der Waals surface area (Å²) in [5.74, 6) is 0.374. The van der Waals surface area contributed by atoms with E-state index in [-0.39, 0.29) is 11.9 Å². The Morgan fingerprint density at radius 3 is 2.71 bits per heavy atom. The van der Waals surface area contributed by atoms with Gasteiger partial charge >= 0.3 is 0 Å². The summed E-state index contributed by atoms with van der Waals surface area (Å²) in [5, 5.41) is 7.16. The molecule has 0 radical (unpaired) electrons. The highest BCUT2D eigenvalue weighted by molar-refractivity contribution is 7.11. The van der Waals surface area contributed by atoms with E-state index >= 15 is 0 Å². The van der Waals surface area contributed by atoms with E-state index in [1.807, 2.05) is 20.8 Å². The molecule has 0 saturated heterocycles. The van der Waals surface area contributed by atoms with E-state index in [0.29, 0.717) is 16.4 Å². The highest BCUT2D eigenvalue weighted by atomic mass is 35.5. The molecule has 1 amide bonds. The fraction of sp³-hybridized carbons (Fsp3) is 0.357. The minimum Gasteiger partial charge on any atom is -0.373 e. The first-order valence-corrected chi connectivity index (χ1v) is 7.70. The van der Waals surface area contributed by atoms with E-state index in [0.717, 1.165) is 15.6 Å². The Bertz CT molecular complexity index is 671. The molecule has 2 N–H and O–H groups in total. The lowest BCUT2D eigenvalue weighted by atomic mass is 10.2. The van der Waals surface area contributed by atoms with Gasteiger partial charge in [0.2, 0.25) is 0 Å². The van der Waals surface area contributed by atoms with Crippen LogP contribution in [0.4, 0.5) is 5.82 Å². The maximum atomic E-state index is 12.4. The number of hydrogen-bond donors (Lipinski definition) is 2. The summed E-state index contributed by atoms with van der Waals surface area (Å²) in [4.78, 5) is 21.9. The van der Waals surface area contributed by atoms with Crippen LogP contribution in [-0.4, -0.2) is 22.9 Å². The van der Waals surface area contributed by atoms with Gasteiger partial charge in [-0.25, -0.2) is 9.97 Å². The maximum Gasteiger partial charge on any atom is 0.253 e. The van der Waals surface area contributed by atoms with Gasteiger partial charge in [0.1, 0.15) is 5.82 Å². The van der Waals surface area contributed by atoms with Crippen LogP contribution in [0.2, 0.25) is 5.02 Å². The normalized spacial score (nSPS) is 12.0. The lowest BCUT2D eigenvalue weighted by Gasteiger charge is -2.14. The van der Waals surface area contributed by atoms with Crippen molar-refractivity contribution in [1.29, 1.82) is 0 Å². The zero-order chi connectivity index (χ0) is 15.6. The third-order valence-electron chi connectivity index (χ3n) is 3.04. The van der Waals surface area contributed by atoms with Crippen LogP contribution in [0.3, 0.4) is 0 Å². The van der Waals surface area contributed by atoms with Gasteiger partial charge in [-0.2, -0.15) is 0 Å². The van der Waals surface area contributed by atoms with E-state index in [1.165, 1.54) is 6.20 Å². The zero-order valence-electron chi connectivity index (χ0n) is 12.3. The Morgan fingerprint density at radius 2 is 2.14 bits per heavy atom. The number of hydrogen-bond acceptors (Lipinski definition) is 5. The number of nitrogens with zero attached hydrogens (tertiary/aromatic N) is 2. The molecular weight excluding hydrogens is 308 g/mol. The Kier molecular flexibility index (Phi) is 4.80. The molecule has 0 aliphatic carbocycles. The molecule has 2 heterocycles. The molecule has 5 nitrogen and oxygen atoms in total. The smallest absolute Gasteiger partial charge is 0.253 e. The second kappa shape index (κ2) is 6.41. The van der Waals surface area contributed by atoms with Gasteiger partial charge in [0.15, 0.2) is 0 Å². The van der Waals surface area contributed by atoms with Gasteiger partial charge in [-0.1, -0.05) is 11.6 Å². The number of carbonyl (C=O) groups excluding carboxylic acids is 1. The van der Waals surface area contributed by atoms with Crippen LogP contribution >= 0.6 is 22.9 Å². The van der Waals surface area contributed by atoms with E-state index in [1.54, 1.807) is 24.5 Å². The molecule has 0 fully saturated rings. The SMILES string of the molecule is CNc1cc(C(=O)NC(C)c2sc(C)nc2C)c(Cl)cn1. The fourth-order valence-corrected chi connectivity index (χ4v) is 3.16. The number of halogens is 1. The predicted octanol–water partition coefficient (Wildman–Crippen LogP) is 3.34. The molecule has 7 heteroatoms. The summed E-state index contributed by atoms with van der Waals surface area (Å²) in [7, 11) is 1.74. The molecule has 2 rings (SSSR count). The first kappa shape index (κ1) is 15.7. The van der Waals surface area contributed by atoms with E-state index in [9.17, 15) is 4.79 Å². The highest BCUT2D eigenvalue weighted by Crippen LogP contribution is 2.25. The van der Waals surface area contributed by atoms with Gasteiger partial charge in [-0.15, -0.1) is 11.3 Å². The number of pyridine rings is 1. The van der Waals surface area contributed by atoms with Crippen LogP contribution in [0.5, 0.6) is 0 Å². The number of carbonyl (C=O) groups is 1. The lowest BCUT2D eigenvalue weighted by molar-refractivity contribution is 0.0940. The van der Waals surface area contributed by atoms with Gasteiger partial charge in [-0.05, 0) is 26.8 Å². The summed E-state index contributed by atoms with van der Waals surface area (Å²) in [5.41, 5.74) is 1.35. The Hall–Kier alpha value is -1.66. The molecule has 0 bridgehead atoms. The molecule has 0 aliphatic heterocycles. The monoisotopic (exact) mass is 324 g/mol. The molecular formula is C14H17ClN4OS. The fourth-order valence-electron chi connectivity index (χ4n) is 2.04. The molecule has 1 atom stereocenters. The summed E-state index contributed by atoms with van der Waals surface area (Å²) >= 11 is 7.64. The average molecular weight is 325 g/mol. The number of aromatic nitrogens is 2. The van der Waals surface area contributed by atoms with Crippen molar-refractivity contribution in [2.45, 2.75) is 26.8 Å². The van der Waals surface area contributed by atoms with Crippen molar-refractivity contribution in [2.75, 3.05) is 12.4 Å². The summed E-state index contributed by atoms with van der Waals surface area (Å²) in [6.07, 6.45) is 1.47.